The highest BCUT2D eigenvalue weighted by Gasteiger charge is 2.34. The lowest BCUT2D eigenvalue weighted by Gasteiger charge is -2.27. The van der Waals surface area contributed by atoms with Crippen molar-refractivity contribution in [1.82, 2.24) is 0 Å². The third-order valence-corrected chi connectivity index (χ3v) is 4.23. The Morgan fingerprint density at radius 1 is 0.826 bits per heavy atom. The van der Waals surface area contributed by atoms with Crippen LogP contribution in [0, 0.1) is 6.92 Å². The lowest BCUT2D eigenvalue weighted by Crippen LogP contribution is -2.40. The van der Waals surface area contributed by atoms with Crippen molar-refractivity contribution in [2.45, 2.75) is 6.92 Å². The number of hydrogen-bond acceptors (Lipinski definition) is 3. The molecule has 0 bridgehead atoms. The van der Waals surface area contributed by atoms with E-state index in [1.54, 1.807) is 36.4 Å². The first kappa shape index (κ1) is 13.5. The predicted octanol–water partition coefficient (Wildman–Crippen LogP) is 3.53. The van der Waals surface area contributed by atoms with Gasteiger partial charge in [0.25, 0.3) is 11.8 Å². The molecule has 0 atom stereocenters. The van der Waals surface area contributed by atoms with E-state index >= 15 is 0 Å². The van der Waals surface area contributed by atoms with Crippen molar-refractivity contribution >= 4 is 34.0 Å². The summed E-state index contributed by atoms with van der Waals surface area (Å²) >= 11 is 0. The second kappa shape index (κ2) is 4.68. The molecule has 2 amide bonds. The van der Waals surface area contributed by atoms with Crippen molar-refractivity contribution in [1.29, 1.82) is 0 Å². The summed E-state index contributed by atoms with van der Waals surface area (Å²) in [6.07, 6.45) is 0. The quantitative estimate of drug-likeness (QED) is 0.552. The number of imide groups is 1. The van der Waals surface area contributed by atoms with Crippen LogP contribution in [0.1, 0.15) is 26.3 Å². The molecule has 4 rings (SSSR count). The third-order valence-electron chi connectivity index (χ3n) is 4.23. The standard InChI is InChI=1S/C19H14N2O2/c1-11-5-7-12(8-6-11)21-18(22)14-4-2-3-13-16(20)10-9-15(17(13)14)19(21)23/h2-10H,20H2,1H3. The Bertz CT molecular complexity index is 952. The maximum Gasteiger partial charge on any atom is 0.265 e. The van der Waals surface area contributed by atoms with Gasteiger partial charge in [0.05, 0.1) is 5.69 Å². The van der Waals surface area contributed by atoms with Gasteiger partial charge < -0.3 is 5.73 Å². The Morgan fingerprint density at radius 2 is 1.48 bits per heavy atom. The van der Waals surface area contributed by atoms with Crippen LogP contribution >= 0.6 is 0 Å². The van der Waals surface area contributed by atoms with Crippen molar-refractivity contribution in [3.8, 4) is 0 Å². The van der Waals surface area contributed by atoms with E-state index in [0.29, 0.717) is 27.9 Å². The average Bonchev–Trinajstić information content (AvgIpc) is 2.56. The number of amides is 2. The van der Waals surface area contributed by atoms with Crippen LogP contribution < -0.4 is 10.6 Å². The van der Waals surface area contributed by atoms with E-state index < -0.39 is 0 Å². The maximum atomic E-state index is 12.9. The van der Waals surface area contributed by atoms with E-state index in [1.807, 2.05) is 25.1 Å². The minimum absolute atomic E-state index is 0.317. The van der Waals surface area contributed by atoms with Gasteiger partial charge in [0, 0.05) is 27.6 Å². The van der Waals surface area contributed by atoms with Gasteiger partial charge in [0.1, 0.15) is 0 Å². The van der Waals surface area contributed by atoms with Crippen LogP contribution in [0.2, 0.25) is 0 Å². The zero-order chi connectivity index (χ0) is 16.1. The van der Waals surface area contributed by atoms with Gasteiger partial charge in [-0.3, -0.25) is 9.59 Å². The fourth-order valence-corrected chi connectivity index (χ4v) is 3.05. The zero-order valence-electron chi connectivity index (χ0n) is 12.5. The Labute approximate surface area is 133 Å². The van der Waals surface area contributed by atoms with Crippen molar-refractivity contribution in [2.75, 3.05) is 10.6 Å². The van der Waals surface area contributed by atoms with Gasteiger partial charge in [0.15, 0.2) is 0 Å². The van der Waals surface area contributed by atoms with E-state index in [-0.39, 0.29) is 11.8 Å². The van der Waals surface area contributed by atoms with Gasteiger partial charge in [-0.15, -0.1) is 0 Å². The Balaban J connectivity index is 1.99. The average molecular weight is 302 g/mol. The summed E-state index contributed by atoms with van der Waals surface area (Å²) in [6.45, 7) is 1.96. The first-order chi connectivity index (χ1) is 11.1. The summed E-state index contributed by atoms with van der Waals surface area (Å²) in [5.41, 5.74) is 9.21. The molecular formula is C19H14N2O2. The van der Waals surface area contributed by atoms with Crippen LogP contribution in [0.3, 0.4) is 0 Å². The van der Waals surface area contributed by atoms with Crippen molar-refractivity contribution in [2.24, 2.45) is 0 Å². The van der Waals surface area contributed by atoms with Crippen LogP contribution in [-0.2, 0) is 0 Å². The van der Waals surface area contributed by atoms with Crippen molar-refractivity contribution in [3.63, 3.8) is 0 Å². The van der Waals surface area contributed by atoms with E-state index in [9.17, 15) is 9.59 Å². The molecule has 4 nitrogen and oxygen atoms in total. The number of carbonyl (C=O) groups excluding carboxylic acids is 2. The SMILES string of the molecule is Cc1ccc(N2C(=O)c3cccc4c(N)ccc(c34)C2=O)cc1. The number of carbonyl (C=O) groups is 2. The van der Waals surface area contributed by atoms with Gasteiger partial charge in [0.2, 0.25) is 0 Å². The Morgan fingerprint density at radius 3 is 2.17 bits per heavy atom. The monoisotopic (exact) mass is 302 g/mol. The molecule has 112 valence electrons. The van der Waals surface area contributed by atoms with Gasteiger partial charge in [-0.25, -0.2) is 4.90 Å². The lowest BCUT2D eigenvalue weighted by atomic mass is 9.93. The summed E-state index contributed by atoms with van der Waals surface area (Å²) in [6, 6.07) is 16.1. The second-order valence-electron chi connectivity index (χ2n) is 5.71. The summed E-state index contributed by atoms with van der Waals surface area (Å²) in [5.74, 6) is -0.634. The highest BCUT2D eigenvalue weighted by molar-refractivity contribution is 6.36. The number of nitrogens with two attached hydrogens (primary N) is 1. The molecule has 2 N–H and O–H groups in total. The van der Waals surface area contributed by atoms with Crippen molar-refractivity contribution in [3.05, 3.63) is 71.3 Å². The van der Waals surface area contributed by atoms with Crippen LogP contribution in [-0.4, -0.2) is 11.8 Å². The number of aryl methyl sites for hydroxylation is 1. The summed E-state index contributed by atoms with van der Waals surface area (Å²) in [4.78, 5) is 27.0. The molecule has 0 aliphatic carbocycles. The number of nitrogen functional groups attached to an aromatic ring is 1. The Kier molecular flexibility index (Phi) is 2.75. The number of benzene rings is 3. The molecule has 3 aromatic carbocycles. The highest BCUT2D eigenvalue weighted by atomic mass is 16.2. The number of anilines is 2. The molecule has 0 spiro atoms. The largest absolute Gasteiger partial charge is 0.398 e. The molecule has 23 heavy (non-hydrogen) atoms. The molecule has 4 heteroatoms. The molecule has 1 aliphatic heterocycles. The van der Waals surface area contributed by atoms with Gasteiger partial charge in [-0.2, -0.15) is 0 Å². The third kappa shape index (κ3) is 1.85. The molecule has 0 saturated heterocycles. The second-order valence-corrected chi connectivity index (χ2v) is 5.71. The highest BCUT2D eigenvalue weighted by Crippen LogP contribution is 2.35. The van der Waals surface area contributed by atoms with Crippen LogP contribution in [0.25, 0.3) is 10.8 Å². The van der Waals surface area contributed by atoms with Gasteiger partial charge >= 0.3 is 0 Å². The minimum Gasteiger partial charge on any atom is -0.398 e. The van der Waals surface area contributed by atoms with E-state index in [4.69, 9.17) is 5.73 Å². The number of rotatable bonds is 1. The molecule has 0 aromatic heterocycles. The summed E-state index contributed by atoms with van der Waals surface area (Å²) in [7, 11) is 0. The minimum atomic E-state index is -0.317. The topological polar surface area (TPSA) is 63.4 Å². The molecule has 3 aromatic rings. The zero-order valence-corrected chi connectivity index (χ0v) is 12.5. The van der Waals surface area contributed by atoms with Crippen LogP contribution in [0.15, 0.2) is 54.6 Å². The Hall–Kier alpha value is -3.14. The molecule has 0 saturated carbocycles. The number of nitrogens with zero attached hydrogens (tertiary/aromatic N) is 1. The first-order valence-electron chi connectivity index (χ1n) is 7.34. The fourth-order valence-electron chi connectivity index (χ4n) is 3.05. The van der Waals surface area contributed by atoms with Crippen molar-refractivity contribution < 1.29 is 9.59 Å². The molecule has 0 radical (unpaired) electrons. The summed E-state index contributed by atoms with van der Waals surface area (Å²) < 4.78 is 0. The smallest absolute Gasteiger partial charge is 0.265 e. The van der Waals surface area contributed by atoms with E-state index in [0.717, 1.165) is 10.9 Å². The van der Waals surface area contributed by atoms with Gasteiger partial charge in [-0.05, 0) is 37.3 Å². The molecule has 1 heterocycles. The summed E-state index contributed by atoms with van der Waals surface area (Å²) in [5, 5.41) is 1.39. The maximum absolute atomic E-state index is 12.9. The molecule has 1 aliphatic rings. The van der Waals surface area contributed by atoms with Crippen LogP contribution in [0.4, 0.5) is 11.4 Å². The first-order valence-corrected chi connectivity index (χ1v) is 7.34. The number of hydrogen-bond donors (Lipinski definition) is 1. The van der Waals surface area contributed by atoms with E-state index in [2.05, 4.69) is 0 Å². The van der Waals surface area contributed by atoms with E-state index in [1.165, 1.54) is 4.90 Å². The predicted molar refractivity (Wildman–Crippen MR) is 90.7 cm³/mol. The molecular weight excluding hydrogens is 288 g/mol. The molecule has 0 unspecified atom stereocenters. The van der Waals surface area contributed by atoms with Crippen LogP contribution in [0.5, 0.6) is 0 Å². The van der Waals surface area contributed by atoms with Gasteiger partial charge in [-0.1, -0.05) is 29.8 Å². The lowest BCUT2D eigenvalue weighted by molar-refractivity contribution is 0.0893. The fraction of sp³-hybridized carbons (Fsp3) is 0.0526. The normalized spacial score (nSPS) is 13.7. The molecule has 0 fully saturated rings.